The predicted octanol–water partition coefficient (Wildman–Crippen LogP) is 4.12. The monoisotopic (exact) mass is 281 g/mol. The number of para-hydroxylation sites is 1. The Hall–Kier alpha value is -1.80. The summed E-state index contributed by atoms with van der Waals surface area (Å²) < 4.78 is 6.46. The first-order chi connectivity index (χ1) is 10.3. The van der Waals surface area contributed by atoms with Crippen LogP contribution in [0.1, 0.15) is 36.9 Å². The molecule has 21 heavy (non-hydrogen) atoms. The Kier molecular flexibility index (Phi) is 3.98. The van der Waals surface area contributed by atoms with E-state index in [9.17, 15) is 0 Å². The lowest BCUT2D eigenvalue weighted by molar-refractivity contribution is 0.0277. The molecule has 0 saturated heterocycles. The first kappa shape index (κ1) is 14.2. The molecular weight excluding hydrogens is 258 g/mol. The highest BCUT2D eigenvalue weighted by Gasteiger charge is 2.39. The van der Waals surface area contributed by atoms with Crippen molar-refractivity contribution in [1.29, 1.82) is 0 Å². The molecule has 2 aromatic rings. The van der Waals surface area contributed by atoms with E-state index in [2.05, 4.69) is 66.8 Å². The first-order valence-corrected chi connectivity index (χ1v) is 7.75. The Bertz CT molecular complexity index is 596. The van der Waals surface area contributed by atoms with Crippen molar-refractivity contribution >= 4 is 0 Å². The molecule has 0 saturated carbocycles. The Morgan fingerprint density at radius 3 is 2.52 bits per heavy atom. The van der Waals surface area contributed by atoms with E-state index >= 15 is 0 Å². The lowest BCUT2D eigenvalue weighted by Gasteiger charge is -2.42. The highest BCUT2D eigenvalue weighted by Crippen LogP contribution is 2.42. The molecule has 2 unspecified atom stereocenters. The van der Waals surface area contributed by atoms with E-state index in [1.54, 1.807) is 0 Å². The molecule has 2 heteroatoms. The second-order valence-corrected chi connectivity index (χ2v) is 5.88. The van der Waals surface area contributed by atoms with Crippen LogP contribution in [0.5, 0.6) is 5.75 Å². The van der Waals surface area contributed by atoms with E-state index in [1.165, 1.54) is 11.1 Å². The van der Waals surface area contributed by atoms with Gasteiger partial charge in [-0.25, -0.2) is 0 Å². The number of fused-ring (bicyclic) bond motifs is 1. The fourth-order valence-electron chi connectivity index (χ4n) is 3.29. The third-order valence-electron chi connectivity index (χ3n) is 4.56. The normalized spacial score (nSPS) is 24.2. The predicted molar refractivity (Wildman–Crippen MR) is 86.7 cm³/mol. The van der Waals surface area contributed by atoms with Gasteiger partial charge in [0.2, 0.25) is 0 Å². The van der Waals surface area contributed by atoms with Crippen LogP contribution in [0.15, 0.2) is 54.6 Å². The number of benzene rings is 2. The van der Waals surface area contributed by atoms with Gasteiger partial charge in [-0.3, -0.25) is 0 Å². The molecule has 2 aromatic carbocycles. The SMILES string of the molecule is CCC1(Cc2ccccc2)CC(NC)c2ccccc2O1. The molecule has 0 fully saturated rings. The molecule has 2 atom stereocenters. The van der Waals surface area contributed by atoms with Crippen molar-refractivity contribution in [2.24, 2.45) is 0 Å². The standard InChI is InChI=1S/C19H23NO/c1-3-19(13-15-9-5-4-6-10-15)14-17(20-2)16-11-7-8-12-18(16)21-19/h4-12,17,20H,3,13-14H2,1-2H3. The molecule has 1 heterocycles. The molecule has 0 amide bonds. The Morgan fingerprint density at radius 1 is 1.10 bits per heavy atom. The van der Waals surface area contributed by atoms with Gasteiger partial charge in [-0.1, -0.05) is 55.5 Å². The van der Waals surface area contributed by atoms with Crippen molar-refractivity contribution < 1.29 is 4.74 Å². The van der Waals surface area contributed by atoms with Crippen molar-refractivity contribution in [2.45, 2.75) is 37.8 Å². The van der Waals surface area contributed by atoms with Crippen molar-refractivity contribution in [3.8, 4) is 5.75 Å². The van der Waals surface area contributed by atoms with E-state index in [0.717, 1.165) is 25.0 Å². The van der Waals surface area contributed by atoms with Gasteiger partial charge >= 0.3 is 0 Å². The van der Waals surface area contributed by atoms with Gasteiger partial charge in [0.1, 0.15) is 11.4 Å². The van der Waals surface area contributed by atoms with Crippen molar-refractivity contribution in [3.63, 3.8) is 0 Å². The quantitative estimate of drug-likeness (QED) is 0.910. The summed E-state index contributed by atoms with van der Waals surface area (Å²) in [5.41, 5.74) is 2.49. The fourth-order valence-corrected chi connectivity index (χ4v) is 3.29. The number of hydrogen-bond donors (Lipinski definition) is 1. The molecule has 1 aliphatic heterocycles. The zero-order valence-electron chi connectivity index (χ0n) is 12.8. The van der Waals surface area contributed by atoms with Gasteiger partial charge in [0, 0.05) is 24.4 Å². The van der Waals surface area contributed by atoms with Crippen LogP contribution in [-0.2, 0) is 6.42 Å². The maximum atomic E-state index is 6.46. The van der Waals surface area contributed by atoms with Gasteiger partial charge in [0.15, 0.2) is 0 Å². The summed E-state index contributed by atoms with van der Waals surface area (Å²) >= 11 is 0. The Balaban J connectivity index is 1.93. The van der Waals surface area contributed by atoms with Crippen LogP contribution >= 0.6 is 0 Å². The number of rotatable bonds is 4. The second kappa shape index (κ2) is 5.90. The topological polar surface area (TPSA) is 21.3 Å². The summed E-state index contributed by atoms with van der Waals surface area (Å²) in [5.74, 6) is 1.03. The average molecular weight is 281 g/mol. The number of ether oxygens (including phenoxy) is 1. The third kappa shape index (κ3) is 2.81. The molecule has 0 bridgehead atoms. The maximum absolute atomic E-state index is 6.46. The fraction of sp³-hybridized carbons (Fsp3) is 0.368. The highest BCUT2D eigenvalue weighted by molar-refractivity contribution is 5.39. The summed E-state index contributed by atoms with van der Waals surface area (Å²) in [6.45, 7) is 2.23. The van der Waals surface area contributed by atoms with Crippen LogP contribution in [0.3, 0.4) is 0 Å². The molecule has 3 rings (SSSR count). The van der Waals surface area contributed by atoms with Crippen LogP contribution in [0.25, 0.3) is 0 Å². The smallest absolute Gasteiger partial charge is 0.124 e. The maximum Gasteiger partial charge on any atom is 0.124 e. The molecule has 0 spiro atoms. The van der Waals surface area contributed by atoms with E-state index in [4.69, 9.17) is 4.74 Å². The van der Waals surface area contributed by atoms with Gasteiger partial charge < -0.3 is 10.1 Å². The zero-order valence-corrected chi connectivity index (χ0v) is 12.8. The summed E-state index contributed by atoms with van der Waals surface area (Å²) in [7, 11) is 2.04. The molecule has 1 aliphatic rings. The molecule has 0 radical (unpaired) electrons. The summed E-state index contributed by atoms with van der Waals surface area (Å²) in [5, 5.41) is 3.45. The zero-order chi connectivity index (χ0) is 14.7. The Morgan fingerprint density at radius 2 is 1.81 bits per heavy atom. The summed E-state index contributed by atoms with van der Waals surface area (Å²) in [4.78, 5) is 0. The molecular formula is C19H23NO. The van der Waals surface area contributed by atoms with Crippen LogP contribution in [0, 0.1) is 0 Å². The third-order valence-corrected chi connectivity index (χ3v) is 4.56. The lowest BCUT2D eigenvalue weighted by atomic mass is 9.81. The van der Waals surface area contributed by atoms with E-state index < -0.39 is 0 Å². The Labute approximate surface area is 127 Å². The molecule has 2 nitrogen and oxygen atoms in total. The van der Waals surface area contributed by atoms with Crippen molar-refractivity contribution in [2.75, 3.05) is 7.05 Å². The molecule has 110 valence electrons. The van der Waals surface area contributed by atoms with Crippen molar-refractivity contribution in [1.82, 2.24) is 5.32 Å². The number of nitrogens with one attached hydrogen (secondary N) is 1. The minimum Gasteiger partial charge on any atom is -0.487 e. The molecule has 0 aliphatic carbocycles. The van der Waals surface area contributed by atoms with Gasteiger partial charge in [-0.05, 0) is 25.1 Å². The average Bonchev–Trinajstić information content (AvgIpc) is 2.55. The van der Waals surface area contributed by atoms with Gasteiger partial charge in [0.05, 0.1) is 0 Å². The second-order valence-electron chi connectivity index (χ2n) is 5.88. The highest BCUT2D eigenvalue weighted by atomic mass is 16.5. The van der Waals surface area contributed by atoms with Crippen molar-refractivity contribution in [3.05, 3.63) is 65.7 Å². The van der Waals surface area contributed by atoms with Crippen LogP contribution in [-0.4, -0.2) is 12.6 Å². The van der Waals surface area contributed by atoms with E-state index in [0.29, 0.717) is 6.04 Å². The van der Waals surface area contributed by atoms with Crippen LogP contribution in [0.2, 0.25) is 0 Å². The summed E-state index contributed by atoms with van der Waals surface area (Å²) in [6, 6.07) is 19.4. The van der Waals surface area contributed by atoms with Crippen LogP contribution < -0.4 is 10.1 Å². The number of hydrogen-bond acceptors (Lipinski definition) is 2. The molecule has 1 N–H and O–H groups in total. The minimum atomic E-state index is -0.122. The van der Waals surface area contributed by atoms with Crippen LogP contribution in [0.4, 0.5) is 0 Å². The molecule has 0 aromatic heterocycles. The van der Waals surface area contributed by atoms with Gasteiger partial charge in [-0.2, -0.15) is 0 Å². The largest absolute Gasteiger partial charge is 0.487 e. The minimum absolute atomic E-state index is 0.122. The van der Waals surface area contributed by atoms with E-state index in [-0.39, 0.29) is 5.60 Å². The van der Waals surface area contributed by atoms with Gasteiger partial charge in [-0.15, -0.1) is 0 Å². The lowest BCUT2D eigenvalue weighted by Crippen LogP contribution is -2.45. The first-order valence-electron chi connectivity index (χ1n) is 7.75. The summed E-state index contributed by atoms with van der Waals surface area (Å²) in [6.07, 6.45) is 2.97. The van der Waals surface area contributed by atoms with E-state index in [1.807, 2.05) is 7.05 Å². The van der Waals surface area contributed by atoms with Gasteiger partial charge in [0.25, 0.3) is 0 Å².